The number of hydrogen-bond acceptors (Lipinski definition) is 5. The summed E-state index contributed by atoms with van der Waals surface area (Å²) in [7, 11) is 0. The van der Waals surface area contributed by atoms with Crippen molar-refractivity contribution in [2.24, 2.45) is 0 Å². The molecule has 0 spiro atoms. The third-order valence-corrected chi connectivity index (χ3v) is 6.38. The van der Waals surface area contributed by atoms with E-state index in [0.29, 0.717) is 27.1 Å². The maximum absolute atomic E-state index is 12.7. The van der Waals surface area contributed by atoms with Crippen LogP contribution in [-0.4, -0.2) is 5.91 Å². The Bertz CT molecular complexity index is 1220. The van der Waals surface area contributed by atoms with E-state index in [-0.39, 0.29) is 5.57 Å². The van der Waals surface area contributed by atoms with E-state index < -0.39 is 5.91 Å². The Morgan fingerprint density at radius 1 is 1.13 bits per heavy atom. The lowest BCUT2D eigenvalue weighted by Gasteiger charge is -2.09. The fraction of sp³-hybridized carbons (Fsp3) is 0.174. The molecule has 148 valence electrons. The highest BCUT2D eigenvalue weighted by Gasteiger charge is 2.22. The molecule has 1 aliphatic carbocycles. The molecule has 1 aromatic carbocycles. The molecule has 2 aromatic heterocycles. The van der Waals surface area contributed by atoms with Crippen LogP contribution in [0.15, 0.2) is 46.4 Å². The highest BCUT2D eigenvalue weighted by atomic mass is 35.5. The maximum Gasteiger partial charge on any atom is 0.267 e. The molecule has 3 aromatic rings. The second-order valence-corrected chi connectivity index (χ2v) is 8.40. The predicted molar refractivity (Wildman–Crippen MR) is 117 cm³/mol. The summed E-state index contributed by atoms with van der Waals surface area (Å²) >= 11 is 7.33. The van der Waals surface area contributed by atoms with E-state index in [1.165, 1.54) is 17.4 Å². The van der Waals surface area contributed by atoms with Crippen molar-refractivity contribution in [2.75, 3.05) is 5.32 Å². The molecule has 2 heterocycles. The van der Waals surface area contributed by atoms with Gasteiger partial charge < -0.3 is 9.73 Å². The number of benzene rings is 1. The van der Waals surface area contributed by atoms with Crippen LogP contribution in [0.3, 0.4) is 0 Å². The van der Waals surface area contributed by atoms with E-state index >= 15 is 0 Å². The largest absolute Gasteiger partial charge is 0.457 e. The first-order valence-electron chi connectivity index (χ1n) is 9.42. The molecule has 1 N–H and O–H groups in total. The Labute approximate surface area is 182 Å². The molecular weight excluding hydrogens is 418 g/mol. The smallest absolute Gasteiger partial charge is 0.267 e. The Hall–Kier alpha value is -3.32. The number of furan rings is 1. The van der Waals surface area contributed by atoms with Gasteiger partial charge in [-0.05, 0) is 67.6 Å². The molecule has 0 bridgehead atoms. The average Bonchev–Trinajstić information content (AvgIpc) is 3.36. The molecule has 0 atom stereocenters. The number of nitrogens with zero attached hydrogens (tertiary/aromatic N) is 2. The summed E-state index contributed by atoms with van der Waals surface area (Å²) in [5.41, 5.74) is 2.29. The minimum absolute atomic E-state index is 0.0951. The first kappa shape index (κ1) is 20.0. The first-order chi connectivity index (χ1) is 14.6. The number of carbonyl (C=O) groups excluding carboxylic acids is 1. The van der Waals surface area contributed by atoms with Crippen molar-refractivity contribution >= 4 is 39.9 Å². The standard InChI is InChI=1S/C23H16ClN3O2S/c24-16-7-5-14(6-8-16)20-10-9-17(29-20)11-15(12-25)22(28)27-23-19(13-26)18-3-1-2-4-21(18)30-23/h5-11H,1-4H2,(H,27,28)/b15-11+. The lowest BCUT2D eigenvalue weighted by atomic mass is 9.96. The van der Waals surface area contributed by atoms with Crippen LogP contribution < -0.4 is 5.32 Å². The Kier molecular flexibility index (Phi) is 5.72. The SMILES string of the molecule is N#C/C(=C\c1ccc(-c2ccc(Cl)cc2)o1)C(=O)Nc1sc2c(c1C#N)CCCC2. The van der Waals surface area contributed by atoms with Crippen LogP contribution in [0.25, 0.3) is 17.4 Å². The summed E-state index contributed by atoms with van der Waals surface area (Å²) in [6.07, 6.45) is 5.30. The number of anilines is 1. The Morgan fingerprint density at radius 3 is 2.63 bits per heavy atom. The minimum atomic E-state index is -0.558. The Morgan fingerprint density at radius 2 is 1.90 bits per heavy atom. The topological polar surface area (TPSA) is 89.8 Å². The summed E-state index contributed by atoms with van der Waals surface area (Å²) in [5, 5.41) is 22.9. The van der Waals surface area contributed by atoms with Gasteiger partial charge in [0.15, 0.2) is 0 Å². The summed E-state index contributed by atoms with van der Waals surface area (Å²) < 4.78 is 5.75. The van der Waals surface area contributed by atoms with Gasteiger partial charge >= 0.3 is 0 Å². The summed E-state index contributed by atoms with van der Waals surface area (Å²) in [5.74, 6) is 0.433. The second kappa shape index (κ2) is 8.59. The summed E-state index contributed by atoms with van der Waals surface area (Å²) in [4.78, 5) is 13.8. The lowest BCUT2D eigenvalue weighted by molar-refractivity contribution is -0.112. The van der Waals surface area contributed by atoms with Crippen LogP contribution in [0.2, 0.25) is 5.02 Å². The number of fused-ring (bicyclic) bond motifs is 1. The van der Waals surface area contributed by atoms with Crippen molar-refractivity contribution in [3.63, 3.8) is 0 Å². The molecule has 0 aliphatic heterocycles. The predicted octanol–water partition coefficient (Wildman–Crippen LogP) is 5.96. The number of nitrogens with one attached hydrogen (secondary N) is 1. The van der Waals surface area contributed by atoms with Gasteiger partial charge in [0.2, 0.25) is 0 Å². The highest BCUT2D eigenvalue weighted by molar-refractivity contribution is 7.16. The van der Waals surface area contributed by atoms with Crippen LogP contribution in [0, 0.1) is 22.7 Å². The number of thiophene rings is 1. The van der Waals surface area contributed by atoms with Gasteiger partial charge in [0, 0.05) is 21.5 Å². The molecule has 1 aliphatic rings. The molecule has 0 radical (unpaired) electrons. The Balaban J connectivity index is 1.56. The van der Waals surface area contributed by atoms with Crippen molar-refractivity contribution in [1.82, 2.24) is 0 Å². The summed E-state index contributed by atoms with van der Waals surface area (Å²) in [6, 6.07) is 14.8. The van der Waals surface area contributed by atoms with Gasteiger partial charge in [-0.2, -0.15) is 10.5 Å². The van der Waals surface area contributed by atoms with Gasteiger partial charge in [-0.25, -0.2) is 0 Å². The molecule has 4 rings (SSSR count). The van der Waals surface area contributed by atoms with Crippen LogP contribution in [0.4, 0.5) is 5.00 Å². The lowest BCUT2D eigenvalue weighted by Crippen LogP contribution is -2.13. The zero-order valence-corrected chi connectivity index (χ0v) is 17.4. The molecule has 5 nitrogen and oxygen atoms in total. The maximum atomic E-state index is 12.7. The van der Waals surface area contributed by atoms with Crippen LogP contribution in [0.5, 0.6) is 0 Å². The van der Waals surface area contributed by atoms with Crippen molar-refractivity contribution in [3.05, 3.63) is 68.8 Å². The monoisotopic (exact) mass is 433 g/mol. The second-order valence-electron chi connectivity index (χ2n) is 6.86. The van der Waals surface area contributed by atoms with Crippen molar-refractivity contribution in [1.29, 1.82) is 10.5 Å². The van der Waals surface area contributed by atoms with Crippen LogP contribution >= 0.6 is 22.9 Å². The van der Waals surface area contributed by atoms with Gasteiger partial charge in [0.25, 0.3) is 5.91 Å². The number of nitriles is 2. The molecule has 0 saturated carbocycles. The molecule has 0 fully saturated rings. The first-order valence-corrected chi connectivity index (χ1v) is 10.6. The number of halogens is 1. The number of amides is 1. The van der Waals surface area contributed by atoms with E-state index in [2.05, 4.69) is 11.4 Å². The van der Waals surface area contributed by atoms with Crippen molar-refractivity contribution < 1.29 is 9.21 Å². The van der Waals surface area contributed by atoms with Crippen molar-refractivity contribution in [3.8, 4) is 23.5 Å². The normalized spacial score (nSPS) is 13.2. The number of carbonyl (C=O) groups is 1. The van der Waals surface area contributed by atoms with Gasteiger partial charge in [-0.3, -0.25) is 4.79 Å². The number of rotatable bonds is 4. The van der Waals surface area contributed by atoms with E-state index in [1.54, 1.807) is 24.3 Å². The highest BCUT2D eigenvalue weighted by Crippen LogP contribution is 2.37. The minimum Gasteiger partial charge on any atom is -0.457 e. The zero-order chi connectivity index (χ0) is 21.1. The average molecular weight is 434 g/mol. The van der Waals surface area contributed by atoms with Gasteiger partial charge in [-0.15, -0.1) is 11.3 Å². The third-order valence-electron chi connectivity index (χ3n) is 4.92. The van der Waals surface area contributed by atoms with Gasteiger partial charge in [0.1, 0.15) is 34.2 Å². The molecule has 1 amide bonds. The van der Waals surface area contributed by atoms with E-state index in [1.807, 2.05) is 18.2 Å². The fourth-order valence-corrected chi connectivity index (χ4v) is 4.79. The fourth-order valence-electron chi connectivity index (χ4n) is 3.43. The van der Waals surface area contributed by atoms with E-state index in [9.17, 15) is 15.3 Å². The molecule has 0 unspecified atom stereocenters. The zero-order valence-electron chi connectivity index (χ0n) is 15.9. The summed E-state index contributed by atoms with van der Waals surface area (Å²) in [6.45, 7) is 0. The molecular formula is C23H16ClN3O2S. The molecule has 0 saturated heterocycles. The van der Waals surface area contributed by atoms with Crippen LogP contribution in [-0.2, 0) is 17.6 Å². The quantitative estimate of drug-likeness (QED) is 0.406. The third kappa shape index (κ3) is 4.02. The van der Waals surface area contributed by atoms with Crippen molar-refractivity contribution in [2.45, 2.75) is 25.7 Å². The van der Waals surface area contributed by atoms with E-state index in [0.717, 1.165) is 41.7 Å². The van der Waals surface area contributed by atoms with E-state index in [4.69, 9.17) is 16.0 Å². The number of aryl methyl sites for hydroxylation is 1. The van der Waals surface area contributed by atoms with Crippen LogP contribution in [0.1, 0.15) is 34.6 Å². The molecule has 7 heteroatoms. The molecule has 30 heavy (non-hydrogen) atoms. The number of hydrogen-bond donors (Lipinski definition) is 1. The van der Waals surface area contributed by atoms with Gasteiger partial charge in [-0.1, -0.05) is 11.6 Å². The van der Waals surface area contributed by atoms with Gasteiger partial charge in [0.05, 0.1) is 5.56 Å².